The van der Waals surface area contributed by atoms with Gasteiger partial charge in [0.15, 0.2) is 5.65 Å². The summed E-state index contributed by atoms with van der Waals surface area (Å²) in [6.45, 7) is 14.2. The summed E-state index contributed by atoms with van der Waals surface area (Å²) in [4.78, 5) is 16.7. The van der Waals surface area contributed by atoms with Crippen LogP contribution in [0.25, 0.3) is 16.9 Å². The Morgan fingerprint density at radius 1 is 1.12 bits per heavy atom. The van der Waals surface area contributed by atoms with Gasteiger partial charge in [-0.3, -0.25) is 0 Å². The van der Waals surface area contributed by atoms with Crippen molar-refractivity contribution in [1.82, 2.24) is 19.9 Å². The summed E-state index contributed by atoms with van der Waals surface area (Å²) in [6.07, 6.45) is 3.85. The molecule has 0 saturated heterocycles. The van der Waals surface area contributed by atoms with Gasteiger partial charge in [0, 0.05) is 17.8 Å². The Hall–Kier alpha value is -3.09. The number of carbonyl (C=O) groups excluding carboxylic acids is 1. The smallest absolute Gasteiger partial charge is 0.408 e. The summed E-state index contributed by atoms with van der Waals surface area (Å²) in [5.41, 5.74) is 2.69. The highest BCUT2D eigenvalue weighted by Gasteiger charge is 2.31. The van der Waals surface area contributed by atoms with Crippen LogP contribution >= 0.6 is 0 Å². The second kappa shape index (κ2) is 9.18. The minimum atomic E-state index is -0.562. The van der Waals surface area contributed by atoms with Crippen molar-refractivity contribution in [2.45, 2.75) is 66.0 Å². The summed E-state index contributed by atoms with van der Waals surface area (Å²) in [6, 6.07) is 9.87. The van der Waals surface area contributed by atoms with E-state index < -0.39 is 17.2 Å². The van der Waals surface area contributed by atoms with E-state index in [1.165, 1.54) is 0 Å². The van der Waals surface area contributed by atoms with Crippen molar-refractivity contribution in [3.8, 4) is 17.0 Å². The van der Waals surface area contributed by atoms with E-state index >= 15 is 0 Å². The number of hydrogen-bond acceptors (Lipinski definition) is 5. The van der Waals surface area contributed by atoms with Gasteiger partial charge in [0.05, 0.1) is 17.4 Å². The lowest BCUT2D eigenvalue weighted by molar-refractivity contribution is 0.0408. The molecule has 0 aliphatic carbocycles. The molecule has 0 aliphatic rings. The molecule has 32 heavy (non-hydrogen) atoms. The molecule has 2 heterocycles. The van der Waals surface area contributed by atoms with E-state index in [4.69, 9.17) is 9.47 Å². The number of benzene rings is 1. The minimum absolute atomic E-state index is 0.337. The number of fused-ring (bicyclic) bond motifs is 1. The summed E-state index contributed by atoms with van der Waals surface area (Å²) >= 11 is 0. The van der Waals surface area contributed by atoms with Crippen LogP contribution in [0.1, 0.15) is 53.5 Å². The number of alkyl carbamates (subject to hydrolysis) is 1. The average molecular weight is 439 g/mol. The third-order valence-electron chi connectivity index (χ3n) is 4.97. The molecule has 0 fully saturated rings. The fraction of sp³-hybridized carbons (Fsp3) is 0.480. The second-order valence-corrected chi connectivity index (χ2v) is 9.99. The van der Waals surface area contributed by atoms with Crippen molar-refractivity contribution in [3.05, 3.63) is 48.3 Å². The van der Waals surface area contributed by atoms with Crippen molar-refractivity contribution >= 4 is 11.7 Å². The zero-order chi connectivity index (χ0) is 23.5. The van der Waals surface area contributed by atoms with Crippen molar-refractivity contribution in [2.75, 3.05) is 6.61 Å². The minimum Gasteiger partial charge on any atom is -0.491 e. The normalized spacial score (nSPS) is 13.8. The van der Waals surface area contributed by atoms with Gasteiger partial charge in [0.2, 0.25) is 0 Å². The van der Waals surface area contributed by atoms with Gasteiger partial charge in [-0.1, -0.05) is 13.8 Å². The Kier molecular flexibility index (Phi) is 6.77. The molecule has 1 aromatic carbocycles. The molecule has 3 rings (SSSR count). The monoisotopic (exact) mass is 438 g/mol. The number of hydrogen-bond donors (Lipinski definition) is 1. The van der Waals surface area contributed by atoms with Gasteiger partial charge in [-0.2, -0.15) is 5.10 Å². The molecule has 3 aromatic rings. The molecule has 7 nitrogen and oxygen atoms in total. The third-order valence-corrected chi connectivity index (χ3v) is 4.97. The number of aromatic nitrogens is 3. The average Bonchev–Trinajstić information content (AvgIpc) is 3.13. The van der Waals surface area contributed by atoms with E-state index in [0.717, 1.165) is 34.6 Å². The van der Waals surface area contributed by atoms with Gasteiger partial charge >= 0.3 is 6.09 Å². The molecule has 1 atom stereocenters. The second-order valence-electron chi connectivity index (χ2n) is 9.99. The molecule has 0 saturated carbocycles. The van der Waals surface area contributed by atoms with Crippen molar-refractivity contribution in [1.29, 1.82) is 0 Å². The highest BCUT2D eigenvalue weighted by molar-refractivity contribution is 5.69. The molecule has 7 heteroatoms. The Bertz CT molecular complexity index is 1080. The predicted octanol–water partition coefficient (Wildman–Crippen LogP) is 5.41. The first-order chi connectivity index (χ1) is 15.0. The number of rotatable bonds is 7. The zero-order valence-electron chi connectivity index (χ0n) is 20.1. The van der Waals surface area contributed by atoms with Crippen LogP contribution in [-0.2, 0) is 4.74 Å². The molecule has 1 N–H and O–H groups in total. The summed E-state index contributed by atoms with van der Waals surface area (Å²) in [5, 5.41) is 7.39. The fourth-order valence-electron chi connectivity index (χ4n) is 3.86. The predicted molar refractivity (Wildman–Crippen MR) is 126 cm³/mol. The first-order valence-electron chi connectivity index (χ1n) is 11.0. The third kappa shape index (κ3) is 5.99. The van der Waals surface area contributed by atoms with Crippen molar-refractivity contribution in [2.24, 2.45) is 5.92 Å². The van der Waals surface area contributed by atoms with E-state index in [2.05, 4.69) is 35.3 Å². The Morgan fingerprint density at radius 3 is 2.53 bits per heavy atom. The molecule has 1 amide bonds. The summed E-state index contributed by atoms with van der Waals surface area (Å²) in [5.74, 6) is 1.16. The molecule has 0 unspecified atom stereocenters. The largest absolute Gasteiger partial charge is 0.491 e. The maximum Gasteiger partial charge on any atom is 0.408 e. The lowest BCUT2D eigenvalue weighted by atomic mass is 9.91. The fourth-order valence-corrected chi connectivity index (χ4v) is 3.86. The van der Waals surface area contributed by atoms with E-state index in [1.54, 1.807) is 12.4 Å². The van der Waals surface area contributed by atoms with Crippen LogP contribution < -0.4 is 10.1 Å². The number of ether oxygens (including phenoxy) is 2. The number of amides is 1. The van der Waals surface area contributed by atoms with Gasteiger partial charge in [-0.15, -0.1) is 0 Å². The van der Waals surface area contributed by atoms with Crippen LogP contribution in [-0.4, -0.2) is 38.4 Å². The Morgan fingerprint density at radius 2 is 1.88 bits per heavy atom. The molecule has 0 aliphatic heterocycles. The van der Waals surface area contributed by atoms with Gasteiger partial charge < -0.3 is 14.8 Å². The highest BCUT2D eigenvalue weighted by Crippen LogP contribution is 2.28. The number of nitrogens with zero attached hydrogens (tertiary/aromatic N) is 3. The summed E-state index contributed by atoms with van der Waals surface area (Å²) in [7, 11) is 0. The zero-order valence-corrected chi connectivity index (χ0v) is 20.1. The molecule has 172 valence electrons. The standard InChI is InChI=1S/C25H34N4O3/c1-17(2)15-25(7,28-23(30)32-24(4,5)6)16-31-21-9-8-19(14-18(21)3)20-10-12-26-22-11-13-27-29(20)22/h8-14,17H,15-16H2,1-7H3,(H,28,30)/t25-/m0/s1. The Balaban J connectivity index is 1.76. The molecule has 0 radical (unpaired) electrons. The molecule has 0 spiro atoms. The summed E-state index contributed by atoms with van der Waals surface area (Å²) < 4.78 is 13.5. The van der Waals surface area contributed by atoms with Crippen molar-refractivity contribution in [3.63, 3.8) is 0 Å². The number of carbonyl (C=O) groups is 1. The molecular weight excluding hydrogens is 404 g/mol. The van der Waals surface area contributed by atoms with Crippen LogP contribution in [0.5, 0.6) is 5.75 Å². The van der Waals surface area contributed by atoms with E-state index in [0.29, 0.717) is 12.5 Å². The van der Waals surface area contributed by atoms with Crippen LogP contribution in [0.3, 0.4) is 0 Å². The van der Waals surface area contributed by atoms with Crippen LogP contribution in [0.4, 0.5) is 4.79 Å². The maximum absolute atomic E-state index is 12.4. The van der Waals surface area contributed by atoms with Gasteiger partial charge in [-0.05, 0) is 76.8 Å². The van der Waals surface area contributed by atoms with Gasteiger partial charge in [0.25, 0.3) is 0 Å². The quantitative estimate of drug-likeness (QED) is 0.533. The first kappa shape index (κ1) is 23.6. The van der Waals surface area contributed by atoms with Crippen LogP contribution in [0.2, 0.25) is 0 Å². The van der Waals surface area contributed by atoms with E-state index in [1.807, 2.05) is 63.4 Å². The first-order valence-corrected chi connectivity index (χ1v) is 11.0. The topological polar surface area (TPSA) is 77.8 Å². The van der Waals surface area contributed by atoms with E-state index in [9.17, 15) is 4.79 Å². The van der Waals surface area contributed by atoms with Gasteiger partial charge in [-0.25, -0.2) is 14.3 Å². The number of nitrogens with one attached hydrogen (secondary N) is 1. The molecule has 2 aromatic heterocycles. The number of aryl methyl sites for hydroxylation is 1. The van der Waals surface area contributed by atoms with E-state index in [-0.39, 0.29) is 0 Å². The maximum atomic E-state index is 12.4. The molecular formula is C25H34N4O3. The lowest BCUT2D eigenvalue weighted by Crippen LogP contribution is -2.52. The highest BCUT2D eigenvalue weighted by atomic mass is 16.6. The Labute approximate surface area is 190 Å². The van der Waals surface area contributed by atoms with Crippen LogP contribution in [0.15, 0.2) is 42.7 Å². The molecule has 0 bridgehead atoms. The van der Waals surface area contributed by atoms with Crippen LogP contribution in [0, 0.1) is 12.8 Å². The SMILES string of the molecule is Cc1cc(-c2ccnc3ccnn23)ccc1OC[C@](C)(CC(C)C)NC(=O)OC(C)(C)C. The van der Waals surface area contributed by atoms with Gasteiger partial charge in [0.1, 0.15) is 18.0 Å². The van der Waals surface area contributed by atoms with Crippen molar-refractivity contribution < 1.29 is 14.3 Å². The lowest BCUT2D eigenvalue weighted by Gasteiger charge is -2.33.